The van der Waals surface area contributed by atoms with Crippen molar-refractivity contribution in [1.82, 2.24) is 21.0 Å². The number of hydrogen-bond acceptors (Lipinski definition) is 6. The number of pyridine rings is 1. The van der Waals surface area contributed by atoms with Crippen LogP contribution in [0.4, 0.5) is 4.39 Å². The number of fused-ring (bicyclic) bond motifs is 1. The smallest absolute Gasteiger partial charge is 0.272 e. The molecule has 140 valence electrons. The van der Waals surface area contributed by atoms with E-state index < -0.39 is 17.6 Å². The van der Waals surface area contributed by atoms with Crippen molar-refractivity contribution in [3.8, 4) is 11.5 Å². The van der Waals surface area contributed by atoms with Crippen molar-refractivity contribution in [3.63, 3.8) is 0 Å². The van der Waals surface area contributed by atoms with Gasteiger partial charge in [-0.05, 0) is 37.3 Å². The minimum atomic E-state index is -0.787. The van der Waals surface area contributed by atoms with Crippen molar-refractivity contribution < 1.29 is 22.9 Å². The molecule has 0 aliphatic heterocycles. The zero-order chi connectivity index (χ0) is 19.7. The van der Waals surface area contributed by atoms with Crippen LogP contribution in [0, 0.1) is 12.7 Å². The van der Waals surface area contributed by atoms with E-state index >= 15 is 0 Å². The highest BCUT2D eigenvalue weighted by atomic mass is 19.1. The van der Waals surface area contributed by atoms with Crippen LogP contribution >= 0.6 is 0 Å². The molecule has 0 spiro atoms. The number of nitrogens with one attached hydrogen (secondary N) is 2. The number of benzene rings is 1. The Morgan fingerprint density at radius 3 is 2.50 bits per heavy atom. The van der Waals surface area contributed by atoms with Crippen LogP contribution in [0.2, 0.25) is 0 Å². The van der Waals surface area contributed by atoms with Crippen LogP contribution in [-0.2, 0) is 0 Å². The van der Waals surface area contributed by atoms with E-state index in [-0.39, 0.29) is 16.8 Å². The van der Waals surface area contributed by atoms with Crippen LogP contribution in [0.1, 0.15) is 26.4 Å². The molecule has 2 amide bonds. The first kappa shape index (κ1) is 17.4. The number of furan rings is 1. The first-order valence-electron chi connectivity index (χ1n) is 8.20. The number of hydrazine groups is 1. The molecule has 4 aromatic rings. The first-order valence-corrected chi connectivity index (χ1v) is 8.20. The largest absolute Gasteiger partial charge is 0.463 e. The summed E-state index contributed by atoms with van der Waals surface area (Å²) in [4.78, 5) is 29.1. The molecule has 0 atom stereocenters. The van der Waals surface area contributed by atoms with Crippen LogP contribution in [0.15, 0.2) is 57.7 Å². The Morgan fingerprint density at radius 1 is 1.04 bits per heavy atom. The second kappa shape index (κ2) is 6.95. The normalized spacial score (nSPS) is 10.8. The number of aryl methyl sites for hydroxylation is 1. The molecular weight excluding hydrogens is 367 g/mol. The molecule has 0 saturated heterocycles. The monoisotopic (exact) mass is 380 g/mol. The molecule has 4 rings (SSSR count). The average Bonchev–Trinajstić information content (AvgIpc) is 3.36. The van der Waals surface area contributed by atoms with E-state index in [0.717, 1.165) is 6.07 Å². The van der Waals surface area contributed by atoms with E-state index in [4.69, 9.17) is 8.94 Å². The highest BCUT2D eigenvalue weighted by Crippen LogP contribution is 2.27. The van der Waals surface area contributed by atoms with Gasteiger partial charge >= 0.3 is 0 Å². The lowest BCUT2D eigenvalue weighted by atomic mass is 10.1. The van der Waals surface area contributed by atoms with Gasteiger partial charge in [0.2, 0.25) is 0 Å². The Morgan fingerprint density at radius 2 is 1.79 bits per heavy atom. The van der Waals surface area contributed by atoms with Gasteiger partial charge in [0.1, 0.15) is 11.5 Å². The molecule has 0 saturated carbocycles. The van der Waals surface area contributed by atoms with Gasteiger partial charge in [-0.25, -0.2) is 9.37 Å². The Balaban J connectivity index is 1.64. The van der Waals surface area contributed by atoms with Crippen molar-refractivity contribution in [2.75, 3.05) is 0 Å². The van der Waals surface area contributed by atoms with E-state index in [2.05, 4.69) is 21.0 Å². The number of hydrogen-bond donors (Lipinski definition) is 2. The van der Waals surface area contributed by atoms with Gasteiger partial charge in [-0.3, -0.25) is 20.4 Å². The second-order valence-corrected chi connectivity index (χ2v) is 5.87. The van der Waals surface area contributed by atoms with E-state index in [9.17, 15) is 14.0 Å². The van der Waals surface area contributed by atoms with Crippen LogP contribution in [0.5, 0.6) is 0 Å². The molecular formula is C19H13FN4O4. The fourth-order valence-electron chi connectivity index (χ4n) is 2.72. The molecule has 0 radical (unpaired) electrons. The number of halogens is 1. The van der Waals surface area contributed by atoms with Crippen LogP contribution < -0.4 is 10.9 Å². The van der Waals surface area contributed by atoms with Crippen LogP contribution in [0.25, 0.3) is 22.6 Å². The molecule has 0 unspecified atom stereocenters. The Bertz CT molecular complexity index is 1180. The number of carbonyl (C=O) groups excluding carboxylic acids is 2. The summed E-state index contributed by atoms with van der Waals surface area (Å²) in [6.45, 7) is 1.66. The lowest BCUT2D eigenvalue weighted by Gasteiger charge is -2.09. The summed E-state index contributed by atoms with van der Waals surface area (Å²) in [7, 11) is 0. The van der Waals surface area contributed by atoms with Crippen molar-refractivity contribution in [2.45, 2.75) is 6.92 Å². The molecule has 3 heterocycles. The number of carbonyl (C=O) groups is 2. The lowest BCUT2D eigenvalue weighted by Crippen LogP contribution is -2.42. The third-order valence-electron chi connectivity index (χ3n) is 4.04. The molecule has 0 aliphatic carbocycles. The SMILES string of the molecule is Cc1noc2nc(-c3ccco3)cc(C(=O)NNC(=O)c3ccccc3F)c12. The van der Waals surface area contributed by atoms with Gasteiger partial charge in [0.25, 0.3) is 17.5 Å². The van der Waals surface area contributed by atoms with E-state index in [1.807, 2.05) is 0 Å². The molecule has 2 N–H and O–H groups in total. The van der Waals surface area contributed by atoms with Gasteiger partial charge < -0.3 is 8.94 Å². The van der Waals surface area contributed by atoms with Crippen molar-refractivity contribution in [1.29, 1.82) is 0 Å². The summed E-state index contributed by atoms with van der Waals surface area (Å²) in [5.41, 5.74) is 5.41. The summed E-state index contributed by atoms with van der Waals surface area (Å²) >= 11 is 0. The van der Waals surface area contributed by atoms with Crippen LogP contribution in [0.3, 0.4) is 0 Å². The maximum Gasteiger partial charge on any atom is 0.272 e. The maximum absolute atomic E-state index is 13.7. The molecule has 0 aliphatic rings. The van der Waals surface area contributed by atoms with Gasteiger partial charge in [0.05, 0.1) is 28.5 Å². The Hall–Kier alpha value is -4.01. The van der Waals surface area contributed by atoms with Crippen molar-refractivity contribution >= 4 is 22.9 Å². The highest BCUT2D eigenvalue weighted by molar-refractivity contribution is 6.07. The quantitative estimate of drug-likeness (QED) is 0.529. The Labute approximate surface area is 157 Å². The zero-order valence-electron chi connectivity index (χ0n) is 14.5. The molecule has 28 heavy (non-hydrogen) atoms. The number of rotatable bonds is 3. The second-order valence-electron chi connectivity index (χ2n) is 5.87. The molecule has 9 heteroatoms. The van der Waals surface area contributed by atoms with Gasteiger partial charge in [-0.2, -0.15) is 0 Å². The standard InChI is InChI=1S/C19H13FN4O4/c1-10-16-12(9-14(15-7-4-8-27-15)21-19(16)28-24-10)18(26)23-22-17(25)11-5-2-3-6-13(11)20/h2-9H,1H3,(H,22,25)(H,23,26). The minimum Gasteiger partial charge on any atom is -0.463 e. The maximum atomic E-state index is 13.7. The molecule has 0 fully saturated rings. The summed E-state index contributed by atoms with van der Waals surface area (Å²) in [5, 5.41) is 4.23. The fraction of sp³-hybridized carbons (Fsp3) is 0.0526. The van der Waals surface area contributed by atoms with Gasteiger partial charge in [-0.1, -0.05) is 17.3 Å². The van der Waals surface area contributed by atoms with E-state index in [1.54, 1.807) is 19.1 Å². The Kier molecular flexibility index (Phi) is 4.32. The molecule has 3 aromatic heterocycles. The summed E-state index contributed by atoms with van der Waals surface area (Å²) < 4.78 is 24.2. The number of amides is 2. The number of aromatic nitrogens is 2. The van der Waals surface area contributed by atoms with Crippen molar-refractivity contribution in [2.24, 2.45) is 0 Å². The van der Waals surface area contributed by atoms with Gasteiger partial charge in [0.15, 0.2) is 5.76 Å². The molecule has 8 nitrogen and oxygen atoms in total. The molecule has 0 bridgehead atoms. The predicted octanol–water partition coefficient (Wildman–Crippen LogP) is 3.01. The number of nitrogens with zero attached hydrogens (tertiary/aromatic N) is 2. The minimum absolute atomic E-state index is 0.150. The van der Waals surface area contributed by atoms with E-state index in [1.165, 1.54) is 30.5 Å². The fourth-order valence-corrected chi connectivity index (χ4v) is 2.72. The first-order chi connectivity index (χ1) is 13.5. The summed E-state index contributed by atoms with van der Waals surface area (Å²) in [6.07, 6.45) is 1.47. The van der Waals surface area contributed by atoms with Gasteiger partial charge in [0, 0.05) is 0 Å². The average molecular weight is 380 g/mol. The summed E-state index contributed by atoms with van der Waals surface area (Å²) in [5.74, 6) is -1.70. The highest BCUT2D eigenvalue weighted by Gasteiger charge is 2.21. The van der Waals surface area contributed by atoms with Gasteiger partial charge in [-0.15, -0.1) is 0 Å². The van der Waals surface area contributed by atoms with E-state index in [0.29, 0.717) is 22.5 Å². The predicted molar refractivity (Wildman–Crippen MR) is 95.6 cm³/mol. The van der Waals surface area contributed by atoms with Crippen LogP contribution in [-0.4, -0.2) is 22.0 Å². The lowest BCUT2D eigenvalue weighted by molar-refractivity contribution is 0.0845. The topological polar surface area (TPSA) is 110 Å². The zero-order valence-corrected chi connectivity index (χ0v) is 14.5. The van der Waals surface area contributed by atoms with Crippen molar-refractivity contribution in [3.05, 3.63) is 71.4 Å². The third kappa shape index (κ3) is 3.09. The third-order valence-corrected chi connectivity index (χ3v) is 4.04. The molecule has 1 aromatic carbocycles. The summed E-state index contributed by atoms with van der Waals surface area (Å²) in [6, 6.07) is 10.3.